The fourth-order valence-corrected chi connectivity index (χ4v) is 2.71. The molecule has 2 rings (SSSR count). The van der Waals surface area contributed by atoms with Crippen LogP contribution in [-0.4, -0.2) is 40.6 Å². The third kappa shape index (κ3) is 2.20. The molecule has 94 valence electrons. The Labute approximate surface area is 101 Å². The number of rotatable bonds is 3. The molecule has 17 heavy (non-hydrogen) atoms. The molecule has 0 aromatic carbocycles. The predicted molar refractivity (Wildman–Crippen MR) is 65.6 cm³/mol. The van der Waals surface area contributed by atoms with E-state index in [1.807, 2.05) is 18.9 Å². The zero-order valence-electron chi connectivity index (χ0n) is 10.4. The summed E-state index contributed by atoms with van der Waals surface area (Å²) in [6.45, 7) is 2.52. The van der Waals surface area contributed by atoms with Crippen LogP contribution < -0.4 is 5.73 Å². The fraction of sp³-hybridized carbons (Fsp3) is 0.667. The monoisotopic (exact) mass is 236 g/mol. The lowest BCUT2D eigenvalue weighted by atomic mass is 10.0. The standard InChI is InChI=1S/C12H20N4O/c1-8-10(7-14-15-8)12(17)16(2)11-5-3-4-9(11)6-13/h7,9,11H,3-6,13H2,1-2H3,(H,14,15). The van der Waals surface area contributed by atoms with Crippen LogP contribution in [0.5, 0.6) is 0 Å². The first-order valence-electron chi connectivity index (χ1n) is 6.12. The highest BCUT2D eigenvalue weighted by molar-refractivity contribution is 5.95. The number of carbonyl (C=O) groups excluding carboxylic acids is 1. The number of nitrogens with two attached hydrogens (primary N) is 1. The van der Waals surface area contributed by atoms with Crippen LogP contribution in [0.3, 0.4) is 0 Å². The van der Waals surface area contributed by atoms with Gasteiger partial charge in [-0.05, 0) is 32.2 Å². The highest BCUT2D eigenvalue weighted by Gasteiger charge is 2.32. The molecule has 1 aliphatic rings. The summed E-state index contributed by atoms with van der Waals surface area (Å²) >= 11 is 0. The first-order chi connectivity index (χ1) is 8.15. The Morgan fingerprint density at radius 1 is 1.65 bits per heavy atom. The van der Waals surface area contributed by atoms with Crippen molar-refractivity contribution in [2.75, 3.05) is 13.6 Å². The Morgan fingerprint density at radius 2 is 2.41 bits per heavy atom. The quantitative estimate of drug-likeness (QED) is 0.819. The normalized spacial score (nSPS) is 23.9. The molecule has 1 aromatic heterocycles. The van der Waals surface area contributed by atoms with Gasteiger partial charge in [0.05, 0.1) is 11.8 Å². The van der Waals surface area contributed by atoms with Crippen molar-refractivity contribution in [3.8, 4) is 0 Å². The van der Waals surface area contributed by atoms with Crippen LogP contribution in [0, 0.1) is 12.8 Å². The fourth-order valence-electron chi connectivity index (χ4n) is 2.71. The van der Waals surface area contributed by atoms with E-state index in [9.17, 15) is 4.79 Å². The lowest BCUT2D eigenvalue weighted by Gasteiger charge is -2.29. The molecule has 0 radical (unpaired) electrons. The molecule has 0 saturated heterocycles. The van der Waals surface area contributed by atoms with Crippen LogP contribution in [0.1, 0.15) is 35.3 Å². The average Bonchev–Trinajstić information content (AvgIpc) is 2.95. The molecule has 2 unspecified atom stereocenters. The summed E-state index contributed by atoms with van der Waals surface area (Å²) in [5.74, 6) is 0.484. The summed E-state index contributed by atoms with van der Waals surface area (Å²) in [7, 11) is 1.87. The minimum absolute atomic E-state index is 0.0431. The van der Waals surface area contributed by atoms with E-state index in [0.29, 0.717) is 18.0 Å². The third-order valence-electron chi connectivity index (χ3n) is 3.80. The predicted octanol–water partition coefficient (Wildman–Crippen LogP) is 0.918. The summed E-state index contributed by atoms with van der Waals surface area (Å²) in [6.07, 6.45) is 4.94. The van der Waals surface area contributed by atoms with Gasteiger partial charge in [0.1, 0.15) is 0 Å². The molecule has 1 aromatic rings. The van der Waals surface area contributed by atoms with E-state index in [4.69, 9.17) is 5.73 Å². The van der Waals surface area contributed by atoms with Crippen LogP contribution in [-0.2, 0) is 0 Å². The molecular formula is C12H20N4O. The van der Waals surface area contributed by atoms with Gasteiger partial charge in [0.25, 0.3) is 5.91 Å². The molecule has 3 N–H and O–H groups in total. The Morgan fingerprint density at radius 3 is 3.00 bits per heavy atom. The van der Waals surface area contributed by atoms with Crippen molar-refractivity contribution in [2.24, 2.45) is 11.7 Å². The number of nitrogens with zero attached hydrogens (tertiary/aromatic N) is 2. The number of aromatic amines is 1. The van der Waals surface area contributed by atoms with E-state index in [1.54, 1.807) is 6.20 Å². The van der Waals surface area contributed by atoms with Crippen LogP contribution in [0.4, 0.5) is 0 Å². The Bertz CT molecular complexity index is 401. The van der Waals surface area contributed by atoms with Crippen molar-refractivity contribution < 1.29 is 4.79 Å². The summed E-state index contributed by atoms with van der Waals surface area (Å²) in [5, 5.41) is 6.69. The minimum atomic E-state index is 0.0431. The number of H-pyrrole nitrogens is 1. The zero-order chi connectivity index (χ0) is 12.4. The van der Waals surface area contributed by atoms with Crippen LogP contribution in [0.25, 0.3) is 0 Å². The summed E-state index contributed by atoms with van der Waals surface area (Å²) < 4.78 is 0. The van der Waals surface area contributed by atoms with Crippen molar-refractivity contribution in [3.05, 3.63) is 17.5 Å². The summed E-state index contributed by atoms with van der Waals surface area (Å²) in [4.78, 5) is 14.1. The van der Waals surface area contributed by atoms with Crippen LogP contribution >= 0.6 is 0 Å². The molecule has 0 aliphatic heterocycles. The topological polar surface area (TPSA) is 75.0 Å². The van der Waals surface area contributed by atoms with E-state index < -0.39 is 0 Å². The largest absolute Gasteiger partial charge is 0.338 e. The van der Waals surface area contributed by atoms with Gasteiger partial charge in [0.15, 0.2) is 0 Å². The number of amides is 1. The molecule has 2 atom stereocenters. The number of carbonyl (C=O) groups is 1. The maximum atomic E-state index is 12.3. The van der Waals surface area contributed by atoms with Crippen LogP contribution in [0.2, 0.25) is 0 Å². The number of aryl methyl sites for hydroxylation is 1. The van der Waals surface area contributed by atoms with Gasteiger partial charge in [-0.15, -0.1) is 0 Å². The molecule has 0 bridgehead atoms. The molecule has 1 aliphatic carbocycles. The van der Waals surface area contributed by atoms with Crippen molar-refractivity contribution in [1.29, 1.82) is 0 Å². The second-order valence-electron chi connectivity index (χ2n) is 4.82. The summed E-state index contributed by atoms with van der Waals surface area (Å²) in [6, 6.07) is 0.279. The van der Waals surface area contributed by atoms with Gasteiger partial charge in [-0.1, -0.05) is 6.42 Å². The van der Waals surface area contributed by atoms with Gasteiger partial charge >= 0.3 is 0 Å². The minimum Gasteiger partial charge on any atom is -0.338 e. The lowest BCUT2D eigenvalue weighted by Crippen LogP contribution is -2.41. The number of hydrogen-bond donors (Lipinski definition) is 2. The smallest absolute Gasteiger partial charge is 0.257 e. The SMILES string of the molecule is Cc1[nH]ncc1C(=O)N(C)C1CCCC1CN. The zero-order valence-corrected chi connectivity index (χ0v) is 10.4. The van der Waals surface area contributed by atoms with E-state index in [1.165, 1.54) is 0 Å². The van der Waals surface area contributed by atoms with Gasteiger partial charge in [0, 0.05) is 18.8 Å². The maximum Gasteiger partial charge on any atom is 0.257 e. The average molecular weight is 236 g/mol. The van der Waals surface area contributed by atoms with Gasteiger partial charge in [0.2, 0.25) is 0 Å². The van der Waals surface area contributed by atoms with Gasteiger partial charge in [-0.2, -0.15) is 5.10 Å². The number of aromatic nitrogens is 2. The second kappa shape index (κ2) is 4.87. The molecule has 1 saturated carbocycles. The van der Waals surface area contributed by atoms with Crippen molar-refractivity contribution in [3.63, 3.8) is 0 Å². The molecule has 0 spiro atoms. The Kier molecular flexibility index (Phi) is 3.47. The van der Waals surface area contributed by atoms with E-state index in [-0.39, 0.29) is 11.9 Å². The van der Waals surface area contributed by atoms with E-state index in [2.05, 4.69) is 10.2 Å². The Balaban J connectivity index is 2.12. The molecule has 1 amide bonds. The number of nitrogens with one attached hydrogen (secondary N) is 1. The molecular weight excluding hydrogens is 216 g/mol. The highest BCUT2D eigenvalue weighted by atomic mass is 16.2. The highest BCUT2D eigenvalue weighted by Crippen LogP contribution is 2.29. The molecule has 5 heteroatoms. The van der Waals surface area contributed by atoms with Gasteiger partial charge in [-0.3, -0.25) is 9.89 Å². The maximum absolute atomic E-state index is 12.3. The van der Waals surface area contributed by atoms with E-state index >= 15 is 0 Å². The van der Waals surface area contributed by atoms with E-state index in [0.717, 1.165) is 25.0 Å². The lowest BCUT2D eigenvalue weighted by molar-refractivity contribution is 0.0699. The molecule has 1 fully saturated rings. The number of hydrogen-bond acceptors (Lipinski definition) is 3. The first-order valence-corrected chi connectivity index (χ1v) is 6.12. The second-order valence-corrected chi connectivity index (χ2v) is 4.82. The van der Waals surface area contributed by atoms with Crippen LogP contribution in [0.15, 0.2) is 6.20 Å². The van der Waals surface area contributed by atoms with Crippen molar-refractivity contribution >= 4 is 5.91 Å². The first kappa shape index (κ1) is 12.1. The van der Waals surface area contributed by atoms with Gasteiger partial charge < -0.3 is 10.6 Å². The summed E-state index contributed by atoms with van der Waals surface area (Å²) in [5.41, 5.74) is 7.24. The van der Waals surface area contributed by atoms with Crippen molar-refractivity contribution in [2.45, 2.75) is 32.2 Å². The molecule has 5 nitrogen and oxygen atoms in total. The van der Waals surface area contributed by atoms with Crippen molar-refractivity contribution in [1.82, 2.24) is 15.1 Å². The van der Waals surface area contributed by atoms with Gasteiger partial charge in [-0.25, -0.2) is 0 Å². The third-order valence-corrected chi connectivity index (χ3v) is 3.80. The Hall–Kier alpha value is -1.36. The molecule has 1 heterocycles.